The number of carbonyl (C=O) groups excluding carboxylic acids is 1. The zero-order chi connectivity index (χ0) is 13.9. The Kier molecular flexibility index (Phi) is 5.13. The van der Waals surface area contributed by atoms with Crippen molar-refractivity contribution in [2.24, 2.45) is 0 Å². The van der Waals surface area contributed by atoms with Gasteiger partial charge in [-0.15, -0.1) is 0 Å². The van der Waals surface area contributed by atoms with E-state index < -0.39 is 46.0 Å². The van der Waals surface area contributed by atoms with Gasteiger partial charge in [-0.25, -0.2) is 17.6 Å². The molecule has 18 heavy (non-hydrogen) atoms. The summed E-state index contributed by atoms with van der Waals surface area (Å²) in [5.41, 5.74) is -0.831. The van der Waals surface area contributed by atoms with Gasteiger partial charge in [0.15, 0.2) is 23.3 Å². The van der Waals surface area contributed by atoms with E-state index in [0.717, 1.165) is 0 Å². The Morgan fingerprint density at radius 1 is 1.28 bits per heavy atom. The van der Waals surface area contributed by atoms with Gasteiger partial charge in [0.1, 0.15) is 4.83 Å². The smallest absolute Gasteiger partial charge is 0.320 e. The summed E-state index contributed by atoms with van der Waals surface area (Å²) in [4.78, 5) is 10.2. The van der Waals surface area contributed by atoms with Crippen LogP contribution in [0.4, 0.5) is 17.6 Å². The molecule has 0 aliphatic rings. The molecule has 0 fully saturated rings. The van der Waals surface area contributed by atoms with Crippen LogP contribution in [-0.2, 0) is 16.0 Å². The number of esters is 1. The van der Waals surface area contributed by atoms with Crippen molar-refractivity contribution in [3.63, 3.8) is 0 Å². The normalized spacial score (nSPS) is 12.3. The fourth-order valence-electron chi connectivity index (χ4n) is 1.30. The van der Waals surface area contributed by atoms with Crippen LogP contribution >= 0.6 is 15.9 Å². The van der Waals surface area contributed by atoms with E-state index in [1.54, 1.807) is 6.92 Å². The van der Waals surface area contributed by atoms with E-state index in [4.69, 9.17) is 0 Å². The first-order chi connectivity index (χ1) is 8.38. The number of carbonyl (C=O) groups is 1. The first-order valence-corrected chi connectivity index (χ1v) is 5.92. The highest BCUT2D eigenvalue weighted by Gasteiger charge is 2.25. The van der Waals surface area contributed by atoms with E-state index in [0.29, 0.717) is 0 Å². The zero-order valence-corrected chi connectivity index (χ0v) is 10.9. The summed E-state index contributed by atoms with van der Waals surface area (Å²) in [5, 5.41) is 0. The molecule has 0 N–H and O–H groups in total. The maximum Gasteiger partial charge on any atom is 0.320 e. The molecule has 100 valence electrons. The van der Waals surface area contributed by atoms with E-state index in [1.807, 2.05) is 0 Å². The largest absolute Gasteiger partial charge is 0.465 e. The predicted octanol–water partition coefficient (Wildman–Crippen LogP) is 3.11. The van der Waals surface area contributed by atoms with Crippen molar-refractivity contribution >= 4 is 21.9 Å². The van der Waals surface area contributed by atoms with Crippen LogP contribution in [0.25, 0.3) is 0 Å². The van der Waals surface area contributed by atoms with Crippen molar-refractivity contribution in [3.8, 4) is 0 Å². The topological polar surface area (TPSA) is 26.3 Å². The van der Waals surface area contributed by atoms with Gasteiger partial charge in [0, 0.05) is 18.1 Å². The summed E-state index contributed by atoms with van der Waals surface area (Å²) in [6, 6.07) is 0.113. The average molecular weight is 329 g/mol. The second-order valence-electron chi connectivity index (χ2n) is 3.37. The van der Waals surface area contributed by atoms with Crippen molar-refractivity contribution in [1.82, 2.24) is 0 Å². The van der Waals surface area contributed by atoms with Crippen LogP contribution in [0.1, 0.15) is 12.5 Å². The number of alkyl halides is 1. The van der Waals surface area contributed by atoms with Crippen molar-refractivity contribution in [2.75, 3.05) is 6.61 Å². The van der Waals surface area contributed by atoms with Crippen LogP contribution in [0.3, 0.4) is 0 Å². The third-order valence-electron chi connectivity index (χ3n) is 2.13. The predicted molar refractivity (Wildman–Crippen MR) is 59.3 cm³/mol. The highest BCUT2D eigenvalue weighted by molar-refractivity contribution is 9.10. The molecule has 1 unspecified atom stereocenters. The second kappa shape index (κ2) is 6.17. The van der Waals surface area contributed by atoms with Crippen molar-refractivity contribution in [1.29, 1.82) is 0 Å². The Labute approximate surface area is 109 Å². The highest BCUT2D eigenvalue weighted by Crippen LogP contribution is 2.22. The van der Waals surface area contributed by atoms with Crippen LogP contribution in [0.5, 0.6) is 0 Å². The average Bonchev–Trinajstić information content (AvgIpc) is 2.32. The molecule has 0 aliphatic carbocycles. The van der Waals surface area contributed by atoms with Gasteiger partial charge in [0.2, 0.25) is 0 Å². The SMILES string of the molecule is CCOC(=O)C(Br)Cc1c(F)c(F)cc(F)c1F. The van der Waals surface area contributed by atoms with Gasteiger partial charge in [0.05, 0.1) is 6.61 Å². The van der Waals surface area contributed by atoms with Crippen LogP contribution in [-0.4, -0.2) is 17.4 Å². The van der Waals surface area contributed by atoms with E-state index in [9.17, 15) is 22.4 Å². The molecule has 0 bridgehead atoms. The van der Waals surface area contributed by atoms with Gasteiger partial charge in [-0.1, -0.05) is 15.9 Å². The molecule has 1 aromatic rings. The summed E-state index contributed by atoms with van der Waals surface area (Å²) >= 11 is 2.85. The third kappa shape index (κ3) is 3.22. The summed E-state index contributed by atoms with van der Waals surface area (Å²) in [6.45, 7) is 1.64. The third-order valence-corrected chi connectivity index (χ3v) is 2.83. The van der Waals surface area contributed by atoms with Crippen LogP contribution in [0, 0.1) is 23.3 Å². The molecule has 0 saturated carbocycles. The van der Waals surface area contributed by atoms with Crippen LogP contribution < -0.4 is 0 Å². The van der Waals surface area contributed by atoms with Gasteiger partial charge >= 0.3 is 5.97 Å². The fraction of sp³-hybridized carbons (Fsp3) is 0.364. The quantitative estimate of drug-likeness (QED) is 0.367. The van der Waals surface area contributed by atoms with Gasteiger partial charge in [-0.05, 0) is 6.92 Å². The van der Waals surface area contributed by atoms with Gasteiger partial charge in [0.25, 0.3) is 0 Å². The lowest BCUT2D eigenvalue weighted by Gasteiger charge is -2.11. The van der Waals surface area contributed by atoms with E-state index in [2.05, 4.69) is 20.7 Å². The van der Waals surface area contributed by atoms with Crippen LogP contribution in [0.2, 0.25) is 0 Å². The second-order valence-corrected chi connectivity index (χ2v) is 4.48. The Hall–Kier alpha value is -1.11. The molecule has 2 nitrogen and oxygen atoms in total. The molecular weight excluding hydrogens is 320 g/mol. The summed E-state index contributed by atoms with van der Waals surface area (Å²) in [6.07, 6.45) is -0.550. The standard InChI is InChI=1S/C11H9BrF4O2/c1-2-18-11(17)6(12)3-5-9(15)7(13)4-8(14)10(5)16/h4,6H,2-3H2,1H3. The lowest BCUT2D eigenvalue weighted by molar-refractivity contribution is -0.142. The number of ether oxygens (including phenoxy) is 1. The van der Waals surface area contributed by atoms with Gasteiger partial charge < -0.3 is 4.74 Å². The molecule has 0 radical (unpaired) electrons. The van der Waals surface area contributed by atoms with Gasteiger partial charge in [-0.3, -0.25) is 4.79 Å². The molecule has 0 saturated heterocycles. The summed E-state index contributed by atoms with van der Waals surface area (Å²) < 4.78 is 57.0. The summed E-state index contributed by atoms with van der Waals surface area (Å²) in [7, 11) is 0. The minimum Gasteiger partial charge on any atom is -0.465 e. The van der Waals surface area contributed by atoms with Crippen molar-refractivity contribution in [2.45, 2.75) is 18.2 Å². The maximum atomic E-state index is 13.3. The molecule has 7 heteroatoms. The molecular formula is C11H9BrF4O2. The van der Waals surface area contributed by atoms with E-state index >= 15 is 0 Å². The lowest BCUT2D eigenvalue weighted by atomic mass is 10.1. The molecule has 0 spiro atoms. The number of rotatable bonds is 4. The number of hydrogen-bond acceptors (Lipinski definition) is 2. The van der Waals surface area contributed by atoms with Gasteiger partial charge in [-0.2, -0.15) is 0 Å². The van der Waals surface area contributed by atoms with Crippen molar-refractivity contribution < 1.29 is 27.1 Å². The fourth-order valence-corrected chi connectivity index (χ4v) is 1.75. The highest BCUT2D eigenvalue weighted by atomic mass is 79.9. The first kappa shape index (κ1) is 14.9. The zero-order valence-electron chi connectivity index (χ0n) is 9.28. The Morgan fingerprint density at radius 2 is 1.78 bits per heavy atom. The maximum absolute atomic E-state index is 13.3. The van der Waals surface area contributed by atoms with Crippen LogP contribution in [0.15, 0.2) is 6.07 Å². The molecule has 0 amide bonds. The minimum atomic E-state index is -1.51. The molecule has 0 aliphatic heterocycles. The Bertz CT molecular complexity index is 439. The molecule has 0 heterocycles. The lowest BCUT2D eigenvalue weighted by Crippen LogP contribution is -2.21. The van der Waals surface area contributed by atoms with E-state index in [1.165, 1.54) is 0 Å². The molecule has 1 aromatic carbocycles. The number of hydrogen-bond donors (Lipinski definition) is 0. The molecule has 1 atom stereocenters. The number of benzene rings is 1. The molecule has 1 rings (SSSR count). The summed E-state index contributed by atoms with van der Waals surface area (Å²) in [5.74, 6) is -6.80. The molecule has 0 aromatic heterocycles. The Balaban J connectivity index is 3.00. The first-order valence-electron chi connectivity index (χ1n) is 5.01. The van der Waals surface area contributed by atoms with Crippen molar-refractivity contribution in [3.05, 3.63) is 34.9 Å². The van der Waals surface area contributed by atoms with E-state index in [-0.39, 0.29) is 12.7 Å². The Morgan fingerprint density at radius 3 is 2.22 bits per heavy atom. The number of halogens is 5. The monoisotopic (exact) mass is 328 g/mol. The minimum absolute atomic E-state index is 0.0867.